The Morgan fingerprint density at radius 3 is 2.74 bits per heavy atom. The van der Waals surface area contributed by atoms with Crippen LogP contribution in [0.4, 0.5) is 4.79 Å². The Morgan fingerprint density at radius 1 is 1.30 bits per heavy atom. The zero-order chi connectivity index (χ0) is 16.4. The highest BCUT2D eigenvalue weighted by Crippen LogP contribution is 2.25. The van der Waals surface area contributed by atoms with Gasteiger partial charge in [-0.3, -0.25) is 4.79 Å². The number of ether oxygens (including phenoxy) is 1. The molecule has 10 heteroatoms. The van der Waals surface area contributed by atoms with Crippen LogP contribution in [0.25, 0.3) is 5.69 Å². The van der Waals surface area contributed by atoms with Gasteiger partial charge in [0, 0.05) is 17.8 Å². The SMILES string of the molecule is O=Cc1n(C(=O)N2CCOCC2)nn[n+]1-c1cccc(Cl)c1Cl. The van der Waals surface area contributed by atoms with Gasteiger partial charge in [0.1, 0.15) is 10.2 Å². The lowest BCUT2D eigenvalue weighted by molar-refractivity contribution is -0.662. The van der Waals surface area contributed by atoms with Crippen LogP contribution < -0.4 is 4.68 Å². The number of halogens is 2. The molecule has 0 aliphatic carbocycles. The second kappa shape index (κ2) is 6.61. The lowest BCUT2D eigenvalue weighted by atomic mass is 10.3. The summed E-state index contributed by atoms with van der Waals surface area (Å²) in [4.78, 5) is 25.5. The van der Waals surface area contributed by atoms with Crippen molar-refractivity contribution in [2.24, 2.45) is 0 Å². The molecule has 0 radical (unpaired) electrons. The van der Waals surface area contributed by atoms with E-state index in [9.17, 15) is 9.59 Å². The van der Waals surface area contributed by atoms with Crippen molar-refractivity contribution in [3.8, 4) is 5.69 Å². The van der Waals surface area contributed by atoms with E-state index in [0.29, 0.717) is 43.3 Å². The molecule has 1 aromatic carbocycles. The summed E-state index contributed by atoms with van der Waals surface area (Å²) in [6, 6.07) is 4.45. The van der Waals surface area contributed by atoms with Gasteiger partial charge in [-0.15, -0.1) is 0 Å². The Morgan fingerprint density at radius 2 is 2.04 bits per heavy atom. The number of rotatable bonds is 2. The summed E-state index contributed by atoms with van der Waals surface area (Å²) >= 11 is 12.1. The van der Waals surface area contributed by atoms with Crippen molar-refractivity contribution < 1.29 is 19.0 Å². The molecule has 0 spiro atoms. The fourth-order valence-electron chi connectivity index (χ4n) is 2.21. The fourth-order valence-corrected chi connectivity index (χ4v) is 2.59. The highest BCUT2D eigenvalue weighted by Gasteiger charge is 2.32. The molecular weight excluding hydrogens is 345 g/mol. The van der Waals surface area contributed by atoms with E-state index in [4.69, 9.17) is 27.9 Å². The molecule has 1 fully saturated rings. The number of benzene rings is 1. The minimum Gasteiger partial charge on any atom is -0.378 e. The molecule has 0 unspecified atom stereocenters. The van der Waals surface area contributed by atoms with E-state index in [0.717, 1.165) is 4.68 Å². The third-order valence-electron chi connectivity index (χ3n) is 3.38. The highest BCUT2D eigenvalue weighted by atomic mass is 35.5. The highest BCUT2D eigenvalue weighted by molar-refractivity contribution is 6.42. The predicted molar refractivity (Wildman–Crippen MR) is 80.1 cm³/mol. The monoisotopic (exact) mass is 356 g/mol. The Kier molecular flexibility index (Phi) is 4.56. The average Bonchev–Trinajstić information content (AvgIpc) is 3.01. The average molecular weight is 357 g/mol. The smallest absolute Gasteiger partial charge is 0.378 e. The van der Waals surface area contributed by atoms with Crippen molar-refractivity contribution >= 4 is 35.5 Å². The first-order chi connectivity index (χ1) is 11.1. The fraction of sp³-hybridized carbons (Fsp3) is 0.308. The van der Waals surface area contributed by atoms with Gasteiger partial charge in [-0.1, -0.05) is 34.0 Å². The van der Waals surface area contributed by atoms with E-state index in [-0.39, 0.29) is 10.8 Å². The quantitative estimate of drug-likeness (QED) is 0.455. The van der Waals surface area contributed by atoms with E-state index < -0.39 is 6.03 Å². The van der Waals surface area contributed by atoms with Gasteiger partial charge in [0.25, 0.3) is 0 Å². The predicted octanol–water partition coefficient (Wildman–Crippen LogP) is 0.974. The maximum atomic E-state index is 12.5. The van der Waals surface area contributed by atoms with Gasteiger partial charge in [-0.25, -0.2) is 4.79 Å². The lowest BCUT2D eigenvalue weighted by Gasteiger charge is -2.23. The lowest BCUT2D eigenvalue weighted by Crippen LogP contribution is -2.45. The summed E-state index contributed by atoms with van der Waals surface area (Å²) in [7, 11) is 0. The molecule has 2 heterocycles. The third-order valence-corrected chi connectivity index (χ3v) is 4.19. The van der Waals surface area contributed by atoms with E-state index >= 15 is 0 Å². The minimum atomic E-state index is -0.445. The van der Waals surface area contributed by atoms with Crippen molar-refractivity contribution in [1.29, 1.82) is 0 Å². The molecule has 3 rings (SSSR count). The first-order valence-electron chi connectivity index (χ1n) is 6.78. The van der Waals surface area contributed by atoms with E-state index in [1.54, 1.807) is 18.2 Å². The van der Waals surface area contributed by atoms with Gasteiger partial charge >= 0.3 is 11.9 Å². The van der Waals surface area contributed by atoms with Crippen molar-refractivity contribution in [2.45, 2.75) is 0 Å². The number of carbonyl (C=O) groups excluding carboxylic acids is 2. The summed E-state index contributed by atoms with van der Waals surface area (Å²) in [5.41, 5.74) is 0.363. The number of morpholine rings is 1. The van der Waals surface area contributed by atoms with Gasteiger partial charge in [-0.05, 0) is 12.1 Å². The number of aromatic nitrogens is 4. The number of hydrogen-bond acceptors (Lipinski definition) is 5. The Hall–Kier alpha value is -2.03. The second-order valence-electron chi connectivity index (χ2n) is 4.73. The molecule has 0 bridgehead atoms. The van der Waals surface area contributed by atoms with Crippen LogP contribution in [0.5, 0.6) is 0 Å². The van der Waals surface area contributed by atoms with Crippen LogP contribution in [0.1, 0.15) is 10.6 Å². The first-order valence-corrected chi connectivity index (χ1v) is 7.53. The van der Waals surface area contributed by atoms with Crippen LogP contribution in [-0.2, 0) is 4.74 Å². The number of tetrazole rings is 1. The van der Waals surface area contributed by atoms with Crippen LogP contribution in [0.3, 0.4) is 0 Å². The van der Waals surface area contributed by atoms with Gasteiger partial charge in [0.05, 0.1) is 18.2 Å². The number of amides is 1. The Bertz CT molecular complexity index is 758. The molecule has 8 nitrogen and oxygen atoms in total. The molecule has 1 aromatic heterocycles. The molecule has 0 atom stereocenters. The zero-order valence-corrected chi connectivity index (χ0v) is 13.4. The molecule has 1 aliphatic rings. The molecule has 0 saturated carbocycles. The number of aldehydes is 1. The van der Waals surface area contributed by atoms with Crippen molar-refractivity contribution in [1.82, 2.24) is 20.0 Å². The molecule has 1 aliphatic heterocycles. The topological polar surface area (TPSA) is 81.2 Å². The molecule has 0 N–H and O–H groups in total. The summed E-state index contributed by atoms with van der Waals surface area (Å²) < 4.78 is 7.32. The molecule has 23 heavy (non-hydrogen) atoms. The largest absolute Gasteiger partial charge is 0.421 e. The summed E-state index contributed by atoms with van der Waals surface area (Å²) in [6.07, 6.45) is 0.496. The van der Waals surface area contributed by atoms with Crippen molar-refractivity contribution in [3.63, 3.8) is 0 Å². The maximum absolute atomic E-state index is 12.5. The summed E-state index contributed by atoms with van der Waals surface area (Å²) in [5, 5.41) is 8.15. The van der Waals surface area contributed by atoms with Crippen LogP contribution in [0.2, 0.25) is 10.0 Å². The summed E-state index contributed by atoms with van der Waals surface area (Å²) in [6.45, 7) is 1.73. The third kappa shape index (κ3) is 2.92. The van der Waals surface area contributed by atoms with Gasteiger partial charge in [-0.2, -0.15) is 0 Å². The van der Waals surface area contributed by atoms with Gasteiger partial charge in [0.15, 0.2) is 10.9 Å². The molecule has 120 valence electrons. The van der Waals surface area contributed by atoms with Gasteiger partial charge < -0.3 is 9.64 Å². The number of carbonyl (C=O) groups is 2. The minimum absolute atomic E-state index is 0.0503. The van der Waals surface area contributed by atoms with E-state index in [1.807, 2.05) is 0 Å². The van der Waals surface area contributed by atoms with E-state index in [2.05, 4.69) is 10.4 Å². The molecule has 1 amide bonds. The zero-order valence-electron chi connectivity index (χ0n) is 11.9. The van der Waals surface area contributed by atoms with Crippen molar-refractivity contribution in [3.05, 3.63) is 34.1 Å². The van der Waals surface area contributed by atoms with Crippen LogP contribution in [-0.4, -0.2) is 58.6 Å². The number of hydrogen-bond donors (Lipinski definition) is 0. The van der Waals surface area contributed by atoms with Crippen LogP contribution >= 0.6 is 23.2 Å². The summed E-state index contributed by atoms with van der Waals surface area (Å²) in [5.74, 6) is -0.0503. The van der Waals surface area contributed by atoms with Crippen LogP contribution in [0, 0.1) is 0 Å². The Labute approximate surface area is 141 Å². The normalized spacial score (nSPS) is 14.8. The Balaban J connectivity index is 2.01. The molecule has 1 saturated heterocycles. The maximum Gasteiger partial charge on any atom is 0.421 e. The van der Waals surface area contributed by atoms with Gasteiger partial charge in [0.2, 0.25) is 6.29 Å². The van der Waals surface area contributed by atoms with E-state index in [1.165, 1.54) is 9.58 Å². The molecular formula is C13H12Cl2N5O3+. The first kappa shape index (κ1) is 15.9. The molecule has 2 aromatic rings. The number of nitrogens with zero attached hydrogens (tertiary/aromatic N) is 5. The second-order valence-corrected chi connectivity index (χ2v) is 5.52. The van der Waals surface area contributed by atoms with Crippen LogP contribution in [0.15, 0.2) is 18.2 Å². The standard InChI is InChI=1S/C13H12Cl2N5O3/c14-9-2-1-3-10(12(9)15)19-11(8-21)20(17-16-19)13(22)18-4-6-23-7-5-18/h1-3,8H,4-7H2/q+1. The van der Waals surface area contributed by atoms with Crippen molar-refractivity contribution in [2.75, 3.05) is 26.3 Å².